The lowest BCUT2D eigenvalue weighted by molar-refractivity contribution is -0.387. The second kappa shape index (κ2) is 6.80. The molecule has 0 aliphatic carbocycles. The molecule has 2 aromatic carbocycles. The highest BCUT2D eigenvalue weighted by molar-refractivity contribution is 7.93. The number of nitro benzene ring substituents is 1. The summed E-state index contributed by atoms with van der Waals surface area (Å²) in [5, 5.41) is 11.6. The van der Waals surface area contributed by atoms with Gasteiger partial charge < -0.3 is 0 Å². The summed E-state index contributed by atoms with van der Waals surface area (Å²) in [4.78, 5) is 10.0. The summed E-state index contributed by atoms with van der Waals surface area (Å²) in [7, 11) is -4.13. The first-order chi connectivity index (χ1) is 10.9. The van der Waals surface area contributed by atoms with Crippen LogP contribution in [0.15, 0.2) is 66.1 Å². The molecule has 0 fully saturated rings. The highest BCUT2D eigenvalue weighted by atomic mass is 35.5. The van der Waals surface area contributed by atoms with Crippen LogP contribution in [-0.4, -0.2) is 19.9 Å². The van der Waals surface area contributed by atoms with E-state index in [1.54, 1.807) is 12.1 Å². The number of anilines is 1. The Kier molecular flexibility index (Phi) is 5.02. The van der Waals surface area contributed by atoms with E-state index in [2.05, 4.69) is 6.58 Å². The van der Waals surface area contributed by atoms with Crippen molar-refractivity contribution >= 4 is 33.0 Å². The molecular weight excluding hydrogens is 340 g/mol. The first kappa shape index (κ1) is 17.0. The van der Waals surface area contributed by atoms with Crippen LogP contribution in [0.5, 0.6) is 0 Å². The van der Waals surface area contributed by atoms with Crippen LogP contribution in [0.1, 0.15) is 0 Å². The fourth-order valence-electron chi connectivity index (χ4n) is 2.01. The molecule has 8 heteroatoms. The summed E-state index contributed by atoms with van der Waals surface area (Å²) in [6, 6.07) is 11.4. The van der Waals surface area contributed by atoms with Crippen molar-refractivity contribution in [2.75, 3.05) is 10.8 Å². The van der Waals surface area contributed by atoms with E-state index in [-0.39, 0.29) is 11.4 Å². The Balaban J connectivity index is 2.60. The maximum atomic E-state index is 12.9. The van der Waals surface area contributed by atoms with E-state index in [0.717, 1.165) is 10.4 Å². The van der Waals surface area contributed by atoms with Crippen molar-refractivity contribution in [3.63, 3.8) is 0 Å². The van der Waals surface area contributed by atoms with Crippen molar-refractivity contribution in [2.24, 2.45) is 0 Å². The molecule has 0 bridgehead atoms. The second-order valence-corrected chi connectivity index (χ2v) is 6.79. The van der Waals surface area contributed by atoms with Crippen LogP contribution in [0, 0.1) is 10.1 Å². The maximum absolute atomic E-state index is 12.9. The van der Waals surface area contributed by atoms with Gasteiger partial charge in [0.25, 0.3) is 15.7 Å². The standard InChI is InChI=1S/C15H13ClN2O4S/c1-2-11-17(13-9-7-12(16)8-10-13)23(21,22)15-6-4-3-5-14(15)18(19)20/h2-10H,1,11H2. The Labute approximate surface area is 138 Å². The zero-order valence-corrected chi connectivity index (χ0v) is 13.5. The van der Waals surface area contributed by atoms with Gasteiger partial charge in [0.15, 0.2) is 4.90 Å². The third kappa shape index (κ3) is 3.52. The maximum Gasteiger partial charge on any atom is 0.289 e. The van der Waals surface area contributed by atoms with Crippen LogP contribution < -0.4 is 4.31 Å². The van der Waals surface area contributed by atoms with Gasteiger partial charge in [-0.1, -0.05) is 29.8 Å². The first-order valence-electron chi connectivity index (χ1n) is 6.50. The van der Waals surface area contributed by atoms with Crippen molar-refractivity contribution in [3.05, 3.63) is 76.3 Å². The largest absolute Gasteiger partial charge is 0.289 e. The van der Waals surface area contributed by atoms with Gasteiger partial charge in [-0.25, -0.2) is 8.42 Å². The summed E-state index contributed by atoms with van der Waals surface area (Å²) in [5.41, 5.74) is -0.136. The molecule has 0 spiro atoms. The van der Waals surface area contributed by atoms with E-state index in [1.165, 1.54) is 36.4 Å². The van der Waals surface area contributed by atoms with Gasteiger partial charge in [-0.05, 0) is 30.3 Å². The number of hydrogen-bond donors (Lipinski definition) is 0. The highest BCUT2D eigenvalue weighted by Gasteiger charge is 2.31. The third-order valence-corrected chi connectivity index (χ3v) is 5.13. The molecule has 0 heterocycles. The van der Waals surface area contributed by atoms with Gasteiger partial charge in [-0.3, -0.25) is 14.4 Å². The van der Waals surface area contributed by atoms with Crippen molar-refractivity contribution in [2.45, 2.75) is 4.90 Å². The van der Waals surface area contributed by atoms with Crippen LogP contribution >= 0.6 is 11.6 Å². The van der Waals surface area contributed by atoms with Crippen molar-refractivity contribution in [1.29, 1.82) is 0 Å². The Morgan fingerprint density at radius 1 is 1.17 bits per heavy atom. The zero-order chi connectivity index (χ0) is 17.0. The highest BCUT2D eigenvalue weighted by Crippen LogP contribution is 2.30. The van der Waals surface area contributed by atoms with Gasteiger partial charge in [-0.2, -0.15) is 0 Å². The molecule has 0 N–H and O–H groups in total. The van der Waals surface area contributed by atoms with E-state index in [9.17, 15) is 18.5 Å². The molecule has 2 rings (SSSR count). The molecule has 0 aliphatic rings. The molecule has 0 saturated heterocycles. The fraction of sp³-hybridized carbons (Fsp3) is 0.0667. The number of hydrogen-bond acceptors (Lipinski definition) is 4. The summed E-state index contributed by atoms with van der Waals surface area (Å²) < 4.78 is 26.8. The molecule has 0 radical (unpaired) electrons. The van der Waals surface area contributed by atoms with Gasteiger partial charge in [0.1, 0.15) is 0 Å². The average molecular weight is 353 g/mol. The lowest BCUT2D eigenvalue weighted by Gasteiger charge is -2.23. The van der Waals surface area contributed by atoms with Crippen LogP contribution in [0.3, 0.4) is 0 Å². The molecule has 0 atom stereocenters. The Morgan fingerprint density at radius 2 is 1.78 bits per heavy atom. The Morgan fingerprint density at radius 3 is 2.35 bits per heavy atom. The van der Waals surface area contributed by atoms with E-state index in [4.69, 9.17) is 11.6 Å². The molecule has 6 nitrogen and oxygen atoms in total. The molecule has 0 unspecified atom stereocenters. The first-order valence-corrected chi connectivity index (χ1v) is 8.32. The predicted molar refractivity (Wildman–Crippen MR) is 89.3 cm³/mol. The number of para-hydroxylation sites is 1. The quantitative estimate of drug-likeness (QED) is 0.451. The molecule has 2 aromatic rings. The molecule has 23 heavy (non-hydrogen) atoms. The number of nitrogens with zero attached hydrogens (tertiary/aromatic N) is 2. The summed E-state index contributed by atoms with van der Waals surface area (Å²) in [5.74, 6) is 0. The van der Waals surface area contributed by atoms with Gasteiger partial charge in [-0.15, -0.1) is 6.58 Å². The van der Waals surface area contributed by atoms with E-state index >= 15 is 0 Å². The lowest BCUT2D eigenvalue weighted by Crippen LogP contribution is -2.31. The van der Waals surface area contributed by atoms with Crippen LogP contribution in [0.25, 0.3) is 0 Å². The average Bonchev–Trinajstić information content (AvgIpc) is 2.53. The van der Waals surface area contributed by atoms with E-state index < -0.39 is 20.6 Å². The predicted octanol–water partition coefficient (Wildman–Crippen LogP) is 3.63. The number of benzene rings is 2. The van der Waals surface area contributed by atoms with E-state index in [0.29, 0.717) is 10.7 Å². The monoisotopic (exact) mass is 352 g/mol. The fourth-order valence-corrected chi connectivity index (χ4v) is 3.73. The normalized spacial score (nSPS) is 11.0. The topological polar surface area (TPSA) is 80.5 Å². The number of sulfonamides is 1. The number of nitro groups is 1. The van der Waals surface area contributed by atoms with Gasteiger partial charge >= 0.3 is 0 Å². The SMILES string of the molecule is C=CCN(c1ccc(Cl)cc1)S(=O)(=O)c1ccccc1[N+](=O)[O-]. The second-order valence-electron chi connectivity index (χ2n) is 4.53. The minimum Gasteiger partial charge on any atom is -0.262 e. The summed E-state index contributed by atoms with van der Waals surface area (Å²) in [6.07, 6.45) is 1.40. The molecule has 0 aromatic heterocycles. The lowest BCUT2D eigenvalue weighted by atomic mass is 10.3. The van der Waals surface area contributed by atoms with Gasteiger partial charge in [0.05, 0.1) is 17.2 Å². The summed E-state index contributed by atoms with van der Waals surface area (Å²) in [6.45, 7) is 3.51. The van der Waals surface area contributed by atoms with Crippen LogP contribution in [0.4, 0.5) is 11.4 Å². The smallest absolute Gasteiger partial charge is 0.262 e. The van der Waals surface area contributed by atoms with Gasteiger partial charge in [0.2, 0.25) is 0 Å². The molecular formula is C15H13ClN2O4S. The number of rotatable bonds is 6. The van der Waals surface area contributed by atoms with Gasteiger partial charge in [0, 0.05) is 11.1 Å². The Bertz CT molecular complexity index is 835. The minimum absolute atomic E-state index is 0.0317. The van der Waals surface area contributed by atoms with Crippen molar-refractivity contribution in [3.8, 4) is 0 Å². The molecule has 0 aliphatic heterocycles. The molecule has 120 valence electrons. The third-order valence-electron chi connectivity index (χ3n) is 3.04. The summed E-state index contributed by atoms with van der Waals surface area (Å²) >= 11 is 5.81. The van der Waals surface area contributed by atoms with Crippen LogP contribution in [-0.2, 0) is 10.0 Å². The van der Waals surface area contributed by atoms with E-state index in [1.807, 2.05) is 0 Å². The Hall–Kier alpha value is -2.38. The molecule has 0 amide bonds. The van der Waals surface area contributed by atoms with Crippen LogP contribution in [0.2, 0.25) is 5.02 Å². The zero-order valence-electron chi connectivity index (χ0n) is 11.9. The van der Waals surface area contributed by atoms with Crippen molar-refractivity contribution in [1.82, 2.24) is 0 Å². The molecule has 0 saturated carbocycles. The van der Waals surface area contributed by atoms with Crippen molar-refractivity contribution < 1.29 is 13.3 Å². The number of halogens is 1. The minimum atomic E-state index is -4.13.